The molecule has 3 rings (SSSR count). The number of hydrogen-bond acceptors (Lipinski definition) is 4. The standard InChI is InChI=1S/C20H30O4/c1-12-5-8-18-20(4,22)10-9-16(23-18)13(2)6-7-15-14(3)19(21)24-17(15)11-12/h11,13,16-18,22H,5-10H2,1-4H3/b12-11-/t13-,16+,17-,18+,20+/m0/s1. The topological polar surface area (TPSA) is 55.8 Å². The Hall–Kier alpha value is -1.13. The van der Waals surface area contributed by atoms with Crippen LogP contribution in [0.1, 0.15) is 66.2 Å². The highest BCUT2D eigenvalue weighted by Gasteiger charge is 2.41. The summed E-state index contributed by atoms with van der Waals surface area (Å²) in [6.07, 6.45) is 7.13. The van der Waals surface area contributed by atoms with Gasteiger partial charge in [0.25, 0.3) is 0 Å². The first-order chi connectivity index (χ1) is 11.3. The molecule has 1 N–H and O–H groups in total. The number of esters is 1. The maximum absolute atomic E-state index is 12.0. The van der Waals surface area contributed by atoms with Gasteiger partial charge in [0.2, 0.25) is 0 Å². The molecule has 134 valence electrons. The van der Waals surface area contributed by atoms with Crippen molar-refractivity contribution in [2.75, 3.05) is 0 Å². The summed E-state index contributed by atoms with van der Waals surface area (Å²) in [7, 11) is 0. The zero-order chi connectivity index (χ0) is 17.5. The first-order valence-corrected chi connectivity index (χ1v) is 9.23. The first-order valence-electron chi connectivity index (χ1n) is 9.23. The van der Waals surface area contributed by atoms with Crippen molar-refractivity contribution >= 4 is 5.97 Å². The Kier molecular flexibility index (Phi) is 4.89. The van der Waals surface area contributed by atoms with Crippen LogP contribution in [-0.2, 0) is 14.3 Å². The van der Waals surface area contributed by atoms with Gasteiger partial charge in [-0.2, -0.15) is 0 Å². The summed E-state index contributed by atoms with van der Waals surface area (Å²) in [5, 5.41) is 10.7. The molecule has 0 radical (unpaired) electrons. The fourth-order valence-corrected chi connectivity index (χ4v) is 4.17. The average Bonchev–Trinajstić information content (AvgIpc) is 2.77. The van der Waals surface area contributed by atoms with E-state index >= 15 is 0 Å². The van der Waals surface area contributed by atoms with Crippen LogP contribution < -0.4 is 0 Å². The van der Waals surface area contributed by atoms with E-state index in [2.05, 4.69) is 19.9 Å². The molecule has 0 aromatic carbocycles. The lowest BCUT2D eigenvalue weighted by Crippen LogP contribution is -2.49. The Morgan fingerprint density at radius 2 is 1.96 bits per heavy atom. The van der Waals surface area contributed by atoms with Crippen molar-refractivity contribution in [2.24, 2.45) is 5.92 Å². The van der Waals surface area contributed by atoms with Crippen LogP contribution in [0.25, 0.3) is 0 Å². The predicted octanol–water partition coefficient (Wildman–Crippen LogP) is 3.68. The smallest absolute Gasteiger partial charge is 0.334 e. The van der Waals surface area contributed by atoms with Gasteiger partial charge in [0.15, 0.2) is 0 Å². The third-order valence-electron chi connectivity index (χ3n) is 6.07. The summed E-state index contributed by atoms with van der Waals surface area (Å²) in [6, 6.07) is 0. The predicted molar refractivity (Wildman–Crippen MR) is 92.5 cm³/mol. The largest absolute Gasteiger partial charge is 0.450 e. The minimum absolute atomic E-state index is 0.121. The molecule has 3 aliphatic rings. The molecule has 2 bridgehead atoms. The molecule has 1 saturated heterocycles. The number of carbonyl (C=O) groups excluding carboxylic acids is 1. The van der Waals surface area contributed by atoms with Crippen molar-refractivity contribution in [3.8, 4) is 0 Å². The van der Waals surface area contributed by atoms with Crippen molar-refractivity contribution in [2.45, 2.75) is 90.1 Å². The molecule has 0 aliphatic carbocycles. The van der Waals surface area contributed by atoms with Gasteiger partial charge in [-0.05, 0) is 76.9 Å². The molecule has 0 amide bonds. The van der Waals surface area contributed by atoms with Gasteiger partial charge < -0.3 is 14.6 Å². The van der Waals surface area contributed by atoms with E-state index in [1.54, 1.807) is 0 Å². The quantitative estimate of drug-likeness (QED) is 0.542. The first kappa shape index (κ1) is 17.7. The average molecular weight is 334 g/mol. The summed E-state index contributed by atoms with van der Waals surface area (Å²) in [6.45, 7) is 8.06. The van der Waals surface area contributed by atoms with Crippen LogP contribution in [-0.4, -0.2) is 35.0 Å². The van der Waals surface area contributed by atoms with Gasteiger partial charge in [-0.3, -0.25) is 0 Å². The third-order valence-corrected chi connectivity index (χ3v) is 6.07. The van der Waals surface area contributed by atoms with Crippen molar-refractivity contribution in [3.63, 3.8) is 0 Å². The van der Waals surface area contributed by atoms with Crippen molar-refractivity contribution < 1.29 is 19.4 Å². The van der Waals surface area contributed by atoms with Crippen molar-refractivity contribution in [1.82, 2.24) is 0 Å². The molecule has 4 heteroatoms. The lowest BCUT2D eigenvalue weighted by molar-refractivity contribution is -0.181. The number of rotatable bonds is 0. The fourth-order valence-electron chi connectivity index (χ4n) is 4.17. The Morgan fingerprint density at radius 1 is 1.21 bits per heavy atom. The van der Waals surface area contributed by atoms with Crippen molar-refractivity contribution in [1.29, 1.82) is 0 Å². The molecule has 0 unspecified atom stereocenters. The van der Waals surface area contributed by atoms with Gasteiger partial charge in [-0.15, -0.1) is 0 Å². The molecule has 1 fully saturated rings. The number of aliphatic hydroxyl groups is 1. The molecular weight excluding hydrogens is 304 g/mol. The monoisotopic (exact) mass is 334 g/mol. The normalized spacial score (nSPS) is 43.2. The van der Waals surface area contributed by atoms with Gasteiger partial charge in [0.05, 0.1) is 17.8 Å². The Bertz CT molecular complexity index is 572. The maximum atomic E-state index is 12.0. The number of fused-ring (bicyclic) bond motifs is 3. The summed E-state index contributed by atoms with van der Waals surface area (Å²) in [5.41, 5.74) is 2.35. The fraction of sp³-hybridized carbons (Fsp3) is 0.750. The minimum atomic E-state index is -0.748. The van der Waals surface area contributed by atoms with Crippen LogP contribution in [0.2, 0.25) is 0 Å². The second-order valence-electron chi connectivity index (χ2n) is 8.10. The second kappa shape index (κ2) is 6.64. The van der Waals surface area contributed by atoms with Crippen LogP contribution in [0.15, 0.2) is 22.8 Å². The maximum Gasteiger partial charge on any atom is 0.334 e. The number of ether oxygens (including phenoxy) is 2. The Labute approximate surface area is 144 Å². The van der Waals surface area contributed by atoms with Crippen LogP contribution in [0.4, 0.5) is 0 Å². The highest BCUT2D eigenvalue weighted by molar-refractivity contribution is 5.92. The van der Waals surface area contributed by atoms with E-state index in [-0.39, 0.29) is 24.3 Å². The zero-order valence-corrected chi connectivity index (χ0v) is 15.3. The van der Waals surface area contributed by atoms with E-state index in [4.69, 9.17) is 9.47 Å². The SMILES string of the molecule is CC1=C2CC[C@H](C)[C@H]3CC[C@@](C)(O)[C@@H](CC/C(C)=C\[C@@H]2OC1=O)O3. The molecule has 5 atom stereocenters. The molecule has 3 heterocycles. The molecular formula is C20H30O4. The van der Waals surface area contributed by atoms with E-state index in [0.717, 1.165) is 49.7 Å². The van der Waals surface area contributed by atoms with E-state index < -0.39 is 5.60 Å². The molecule has 0 aromatic heterocycles. The van der Waals surface area contributed by atoms with E-state index in [1.165, 1.54) is 5.57 Å². The molecule has 0 saturated carbocycles. The number of carbonyl (C=O) groups is 1. The van der Waals surface area contributed by atoms with Gasteiger partial charge in [-0.1, -0.05) is 12.5 Å². The highest BCUT2D eigenvalue weighted by Crippen LogP contribution is 2.38. The van der Waals surface area contributed by atoms with Gasteiger partial charge >= 0.3 is 5.97 Å². The van der Waals surface area contributed by atoms with Crippen molar-refractivity contribution in [3.05, 3.63) is 22.8 Å². The van der Waals surface area contributed by atoms with Crippen LogP contribution >= 0.6 is 0 Å². The lowest BCUT2D eigenvalue weighted by Gasteiger charge is -2.43. The Balaban J connectivity index is 1.87. The molecule has 24 heavy (non-hydrogen) atoms. The van der Waals surface area contributed by atoms with E-state index in [9.17, 15) is 9.90 Å². The second-order valence-corrected chi connectivity index (χ2v) is 8.10. The van der Waals surface area contributed by atoms with Crippen LogP contribution in [0, 0.1) is 5.92 Å². The summed E-state index contributed by atoms with van der Waals surface area (Å²) in [5.74, 6) is 0.226. The highest BCUT2D eigenvalue weighted by atomic mass is 16.5. The third kappa shape index (κ3) is 3.45. The van der Waals surface area contributed by atoms with Crippen LogP contribution in [0.5, 0.6) is 0 Å². The molecule has 0 aromatic rings. The minimum Gasteiger partial charge on any atom is -0.450 e. The van der Waals surface area contributed by atoms with E-state index in [0.29, 0.717) is 5.92 Å². The number of allylic oxidation sites excluding steroid dienone is 1. The Morgan fingerprint density at radius 3 is 2.71 bits per heavy atom. The molecule has 3 aliphatic heterocycles. The van der Waals surface area contributed by atoms with Gasteiger partial charge in [0, 0.05) is 5.57 Å². The van der Waals surface area contributed by atoms with E-state index in [1.807, 2.05) is 13.8 Å². The summed E-state index contributed by atoms with van der Waals surface area (Å²) in [4.78, 5) is 12.0. The molecule has 0 spiro atoms. The molecule has 4 nitrogen and oxygen atoms in total. The lowest BCUT2D eigenvalue weighted by atomic mass is 9.81. The summed E-state index contributed by atoms with van der Waals surface area (Å²) < 4.78 is 11.9. The zero-order valence-electron chi connectivity index (χ0n) is 15.3. The van der Waals surface area contributed by atoms with Crippen LogP contribution in [0.3, 0.4) is 0 Å². The number of hydrogen-bond donors (Lipinski definition) is 1. The van der Waals surface area contributed by atoms with Gasteiger partial charge in [-0.25, -0.2) is 4.79 Å². The van der Waals surface area contributed by atoms with Gasteiger partial charge in [0.1, 0.15) is 6.10 Å². The summed E-state index contributed by atoms with van der Waals surface area (Å²) >= 11 is 0.